The number of rotatable bonds is 4. The molecular weight excluding hydrogens is 361 g/mol. The number of piperazine rings is 1. The van der Waals surface area contributed by atoms with Crippen molar-refractivity contribution in [3.05, 3.63) is 23.2 Å². The summed E-state index contributed by atoms with van der Waals surface area (Å²) in [5.74, 6) is -0.251. The van der Waals surface area contributed by atoms with Crippen LogP contribution in [0.1, 0.15) is 6.92 Å². The summed E-state index contributed by atoms with van der Waals surface area (Å²) in [4.78, 5) is -0.0387. The maximum absolute atomic E-state index is 12.5. The molecule has 5 nitrogen and oxygen atoms in total. The molecule has 1 heterocycles. The molecule has 1 aromatic carbocycles. The van der Waals surface area contributed by atoms with Crippen LogP contribution in [0, 0.1) is 0 Å². The standard InChI is InChI=1S/C12H15ClF2N2O3S.ClH/c1-8-7-17(5-4-16-8)21(18,19)9-2-3-11(10(13)6-9)20-12(14)15;/h2-3,6,8,12,16H,4-5,7H2,1H3;1H. The highest BCUT2D eigenvalue weighted by Crippen LogP contribution is 2.30. The first kappa shape index (κ1) is 19.4. The number of nitrogens with zero attached hydrogens (tertiary/aromatic N) is 1. The molecule has 0 amide bonds. The smallest absolute Gasteiger partial charge is 0.387 e. The molecule has 1 atom stereocenters. The summed E-state index contributed by atoms with van der Waals surface area (Å²) in [6.07, 6.45) is 0. The Balaban J connectivity index is 0.00000242. The van der Waals surface area contributed by atoms with E-state index in [2.05, 4.69) is 10.1 Å². The maximum Gasteiger partial charge on any atom is 0.387 e. The lowest BCUT2D eigenvalue weighted by molar-refractivity contribution is -0.0498. The van der Waals surface area contributed by atoms with E-state index >= 15 is 0 Å². The maximum atomic E-state index is 12.5. The molecule has 1 aliphatic heterocycles. The molecule has 1 N–H and O–H groups in total. The van der Waals surface area contributed by atoms with Gasteiger partial charge in [-0.1, -0.05) is 11.6 Å². The zero-order valence-electron chi connectivity index (χ0n) is 11.6. The fourth-order valence-electron chi connectivity index (χ4n) is 2.10. The largest absolute Gasteiger partial charge is 0.433 e. The molecule has 0 aromatic heterocycles. The highest BCUT2D eigenvalue weighted by atomic mass is 35.5. The Morgan fingerprint density at radius 3 is 2.68 bits per heavy atom. The van der Waals surface area contributed by atoms with Gasteiger partial charge < -0.3 is 10.1 Å². The molecule has 10 heteroatoms. The second-order valence-corrected chi connectivity index (χ2v) is 7.03. The number of alkyl halides is 2. The summed E-state index contributed by atoms with van der Waals surface area (Å²) < 4.78 is 54.8. The lowest BCUT2D eigenvalue weighted by Crippen LogP contribution is -2.51. The zero-order valence-corrected chi connectivity index (χ0v) is 14.0. The Morgan fingerprint density at radius 2 is 2.14 bits per heavy atom. The summed E-state index contributed by atoms with van der Waals surface area (Å²) in [6.45, 7) is 0.114. The Labute approximate surface area is 139 Å². The van der Waals surface area contributed by atoms with E-state index < -0.39 is 16.6 Å². The van der Waals surface area contributed by atoms with Gasteiger partial charge >= 0.3 is 6.61 Å². The molecule has 1 saturated heterocycles. The quantitative estimate of drug-likeness (QED) is 0.875. The summed E-state index contributed by atoms with van der Waals surface area (Å²) in [6, 6.07) is 3.52. The van der Waals surface area contributed by atoms with E-state index in [1.165, 1.54) is 10.4 Å². The summed E-state index contributed by atoms with van der Waals surface area (Å²) in [5, 5.41) is 2.97. The van der Waals surface area contributed by atoms with E-state index in [0.29, 0.717) is 19.6 Å². The van der Waals surface area contributed by atoms with Crippen molar-refractivity contribution in [3.8, 4) is 5.75 Å². The molecule has 1 aliphatic rings. The molecule has 0 bridgehead atoms. The van der Waals surface area contributed by atoms with Crippen molar-refractivity contribution >= 4 is 34.0 Å². The third-order valence-corrected chi connectivity index (χ3v) is 5.25. The van der Waals surface area contributed by atoms with Gasteiger partial charge in [0.1, 0.15) is 5.75 Å². The van der Waals surface area contributed by atoms with Crippen molar-refractivity contribution in [3.63, 3.8) is 0 Å². The molecule has 1 aromatic rings. The van der Waals surface area contributed by atoms with Crippen LogP contribution in [0.4, 0.5) is 8.78 Å². The van der Waals surface area contributed by atoms with Gasteiger partial charge in [0, 0.05) is 25.7 Å². The summed E-state index contributed by atoms with van der Waals surface area (Å²) in [7, 11) is -3.70. The topological polar surface area (TPSA) is 58.6 Å². The van der Waals surface area contributed by atoms with Crippen molar-refractivity contribution in [1.29, 1.82) is 0 Å². The Morgan fingerprint density at radius 1 is 1.45 bits per heavy atom. The fraction of sp³-hybridized carbons (Fsp3) is 0.500. The molecule has 0 saturated carbocycles. The number of hydrogen-bond donors (Lipinski definition) is 1. The van der Waals surface area contributed by atoms with Gasteiger partial charge in [-0.15, -0.1) is 12.4 Å². The van der Waals surface area contributed by atoms with E-state index in [-0.39, 0.29) is 34.1 Å². The van der Waals surface area contributed by atoms with Gasteiger partial charge in [0.15, 0.2) is 0 Å². The van der Waals surface area contributed by atoms with E-state index in [9.17, 15) is 17.2 Å². The normalized spacial score (nSPS) is 19.8. The molecule has 0 spiro atoms. The molecule has 1 unspecified atom stereocenters. The Bertz CT molecular complexity index is 616. The number of benzene rings is 1. The van der Waals surface area contributed by atoms with Gasteiger partial charge in [-0.05, 0) is 25.1 Å². The van der Waals surface area contributed by atoms with E-state index in [1.54, 1.807) is 0 Å². The second kappa shape index (κ2) is 7.74. The third kappa shape index (κ3) is 4.42. The van der Waals surface area contributed by atoms with Crippen LogP contribution in [0.15, 0.2) is 23.1 Å². The van der Waals surface area contributed by atoms with Gasteiger partial charge in [0.25, 0.3) is 0 Å². The van der Waals surface area contributed by atoms with Crippen molar-refractivity contribution in [2.75, 3.05) is 19.6 Å². The monoisotopic (exact) mass is 376 g/mol. The molecular formula is C12H16Cl2F2N2O3S. The van der Waals surface area contributed by atoms with Gasteiger partial charge in [-0.25, -0.2) is 8.42 Å². The zero-order chi connectivity index (χ0) is 15.6. The van der Waals surface area contributed by atoms with Gasteiger partial charge in [0.05, 0.1) is 9.92 Å². The van der Waals surface area contributed by atoms with Crippen LogP contribution < -0.4 is 10.1 Å². The fourth-order valence-corrected chi connectivity index (χ4v) is 3.94. The van der Waals surface area contributed by atoms with Crippen LogP contribution in [0.25, 0.3) is 0 Å². The molecule has 126 valence electrons. The van der Waals surface area contributed by atoms with Crippen LogP contribution in [0.5, 0.6) is 5.75 Å². The van der Waals surface area contributed by atoms with Gasteiger partial charge in [0.2, 0.25) is 10.0 Å². The number of ether oxygens (including phenoxy) is 1. The number of nitrogens with one attached hydrogen (secondary N) is 1. The Kier molecular flexibility index (Phi) is 6.82. The molecule has 0 aliphatic carbocycles. The minimum atomic E-state index is -3.70. The minimum absolute atomic E-state index is 0. The lowest BCUT2D eigenvalue weighted by atomic mass is 10.3. The van der Waals surface area contributed by atoms with Crippen molar-refractivity contribution in [2.24, 2.45) is 0 Å². The molecule has 1 fully saturated rings. The number of halogens is 4. The second-order valence-electron chi connectivity index (χ2n) is 4.69. The average Bonchev–Trinajstić information content (AvgIpc) is 2.40. The SMILES string of the molecule is CC1CN(S(=O)(=O)c2ccc(OC(F)F)c(Cl)c2)CCN1.Cl. The Hall–Kier alpha value is -0.670. The van der Waals surface area contributed by atoms with E-state index in [1.807, 2.05) is 6.92 Å². The highest BCUT2D eigenvalue weighted by Gasteiger charge is 2.29. The minimum Gasteiger partial charge on any atom is -0.433 e. The predicted molar refractivity (Wildman–Crippen MR) is 81.6 cm³/mol. The number of hydrogen-bond acceptors (Lipinski definition) is 4. The summed E-state index contributed by atoms with van der Waals surface area (Å²) in [5.41, 5.74) is 0. The van der Waals surface area contributed by atoms with E-state index in [4.69, 9.17) is 11.6 Å². The first-order chi connectivity index (χ1) is 9.80. The number of sulfonamides is 1. The predicted octanol–water partition coefficient (Wildman–Crippen LogP) is 2.35. The van der Waals surface area contributed by atoms with Crippen molar-refractivity contribution in [1.82, 2.24) is 9.62 Å². The van der Waals surface area contributed by atoms with Crippen LogP contribution in [-0.2, 0) is 10.0 Å². The average molecular weight is 377 g/mol. The van der Waals surface area contributed by atoms with Crippen LogP contribution >= 0.6 is 24.0 Å². The first-order valence-electron chi connectivity index (χ1n) is 6.28. The van der Waals surface area contributed by atoms with Crippen molar-refractivity contribution < 1.29 is 21.9 Å². The molecule has 2 rings (SSSR count). The van der Waals surface area contributed by atoms with Crippen molar-refractivity contribution in [2.45, 2.75) is 24.5 Å². The summed E-state index contributed by atoms with van der Waals surface area (Å²) >= 11 is 5.79. The van der Waals surface area contributed by atoms with Crippen LogP contribution in [-0.4, -0.2) is 45.0 Å². The van der Waals surface area contributed by atoms with Gasteiger partial charge in [-0.2, -0.15) is 13.1 Å². The molecule has 22 heavy (non-hydrogen) atoms. The van der Waals surface area contributed by atoms with E-state index in [0.717, 1.165) is 12.1 Å². The third-order valence-electron chi connectivity index (χ3n) is 3.09. The van der Waals surface area contributed by atoms with Gasteiger partial charge in [-0.3, -0.25) is 0 Å². The lowest BCUT2D eigenvalue weighted by Gasteiger charge is -2.31. The first-order valence-corrected chi connectivity index (χ1v) is 8.10. The van der Waals surface area contributed by atoms with Crippen LogP contribution in [0.3, 0.4) is 0 Å². The molecule has 0 radical (unpaired) electrons. The highest BCUT2D eigenvalue weighted by molar-refractivity contribution is 7.89. The van der Waals surface area contributed by atoms with Crippen LogP contribution in [0.2, 0.25) is 5.02 Å².